The number of fused-ring (bicyclic) bond motifs is 1. The fourth-order valence-corrected chi connectivity index (χ4v) is 5.76. The zero-order chi connectivity index (χ0) is 30.1. The number of thiophene rings is 1. The van der Waals surface area contributed by atoms with Crippen LogP contribution in [0.3, 0.4) is 0 Å². The van der Waals surface area contributed by atoms with Crippen molar-refractivity contribution in [3.05, 3.63) is 68.4 Å². The molecule has 0 saturated heterocycles. The summed E-state index contributed by atoms with van der Waals surface area (Å²) in [5, 5.41) is 21.1. The number of amides is 1. The van der Waals surface area contributed by atoms with Gasteiger partial charge in [-0.1, -0.05) is 11.3 Å². The van der Waals surface area contributed by atoms with E-state index in [4.69, 9.17) is 9.47 Å². The number of nitriles is 1. The molecule has 41 heavy (non-hydrogen) atoms. The molecule has 4 aromatic rings. The Bertz CT molecular complexity index is 1750. The number of hydrogen-bond donors (Lipinski definition) is 1. The van der Waals surface area contributed by atoms with E-state index in [1.54, 1.807) is 20.8 Å². The minimum absolute atomic E-state index is 0.192. The monoisotopic (exact) mass is 583 g/mol. The highest BCUT2D eigenvalue weighted by molar-refractivity contribution is 7.21. The minimum Gasteiger partial charge on any atom is -0.496 e. The van der Waals surface area contributed by atoms with E-state index in [2.05, 4.69) is 15.5 Å². The van der Waals surface area contributed by atoms with Crippen molar-refractivity contribution in [3.63, 3.8) is 0 Å². The summed E-state index contributed by atoms with van der Waals surface area (Å²) in [6, 6.07) is 5.50. The lowest BCUT2D eigenvalue weighted by molar-refractivity contribution is -0.129. The fraction of sp³-hybridized carbons (Fsp3) is 0.407. The molecule has 12 nitrogen and oxygen atoms in total. The van der Waals surface area contributed by atoms with E-state index in [1.165, 1.54) is 60.9 Å². The van der Waals surface area contributed by atoms with Crippen LogP contribution in [0.2, 0.25) is 0 Å². The Morgan fingerprint density at radius 3 is 2.54 bits per heavy atom. The zero-order valence-corrected chi connectivity index (χ0v) is 24.3. The summed E-state index contributed by atoms with van der Waals surface area (Å²) >= 11 is 1.11. The third kappa shape index (κ3) is 5.50. The molecular weight excluding hydrogens is 553 g/mol. The molecule has 0 fully saturated rings. The maximum atomic E-state index is 14.4. The number of nitrogens with zero attached hydrogens (tertiary/aromatic N) is 6. The molecule has 4 rings (SSSR count). The van der Waals surface area contributed by atoms with E-state index in [1.807, 2.05) is 6.07 Å². The van der Waals surface area contributed by atoms with E-state index >= 15 is 0 Å². The highest BCUT2D eigenvalue weighted by Gasteiger charge is 2.36. The third-order valence-electron chi connectivity index (χ3n) is 6.56. The molecule has 0 aliphatic carbocycles. The van der Waals surface area contributed by atoms with Gasteiger partial charge in [-0.15, -0.1) is 4.80 Å². The fourth-order valence-electron chi connectivity index (χ4n) is 4.54. The van der Waals surface area contributed by atoms with Crippen LogP contribution in [0.5, 0.6) is 5.75 Å². The molecule has 1 N–H and O–H groups in total. The quantitative estimate of drug-likeness (QED) is 0.300. The maximum absolute atomic E-state index is 14.4. The molecule has 0 radical (unpaired) electrons. The van der Waals surface area contributed by atoms with Crippen LogP contribution >= 0.6 is 11.3 Å². The lowest BCUT2D eigenvalue weighted by atomic mass is 10.0. The molecule has 3 heterocycles. The summed E-state index contributed by atoms with van der Waals surface area (Å²) in [6.45, 7) is 7.63. The molecule has 1 atom stereocenters. The number of benzene rings is 1. The molecule has 0 saturated carbocycles. The number of ether oxygens (including phenoxy) is 2. The predicted molar refractivity (Wildman–Crippen MR) is 150 cm³/mol. The summed E-state index contributed by atoms with van der Waals surface area (Å²) in [6.07, 6.45) is 1.93. The molecule has 0 aliphatic heterocycles. The lowest BCUT2D eigenvalue weighted by Gasteiger charge is -2.28. The Balaban J connectivity index is 2.04. The van der Waals surface area contributed by atoms with Crippen molar-refractivity contribution in [2.75, 3.05) is 13.7 Å². The second-order valence-electron chi connectivity index (χ2n) is 10.1. The van der Waals surface area contributed by atoms with Gasteiger partial charge in [-0.2, -0.15) is 15.5 Å². The average Bonchev–Trinajstić information content (AvgIpc) is 3.56. The summed E-state index contributed by atoms with van der Waals surface area (Å²) in [7, 11) is 1.41. The highest BCUT2D eigenvalue weighted by atomic mass is 32.1. The first-order chi connectivity index (χ1) is 19.4. The van der Waals surface area contributed by atoms with Gasteiger partial charge in [0.05, 0.1) is 37.5 Å². The van der Waals surface area contributed by atoms with Gasteiger partial charge < -0.3 is 14.8 Å². The second-order valence-corrected chi connectivity index (χ2v) is 11.1. The van der Waals surface area contributed by atoms with Crippen molar-refractivity contribution >= 4 is 27.5 Å². The van der Waals surface area contributed by atoms with Crippen molar-refractivity contribution in [1.29, 1.82) is 5.26 Å². The minimum atomic E-state index is -1.59. The van der Waals surface area contributed by atoms with Crippen LogP contribution < -0.4 is 21.3 Å². The van der Waals surface area contributed by atoms with E-state index in [0.717, 1.165) is 15.9 Å². The number of aryl methyl sites for hydroxylation is 1. The summed E-state index contributed by atoms with van der Waals surface area (Å²) < 4.78 is 27.8. The number of rotatable bonds is 10. The zero-order valence-electron chi connectivity index (χ0n) is 23.5. The molecule has 0 bridgehead atoms. The van der Waals surface area contributed by atoms with Crippen LogP contribution in [0, 0.1) is 24.1 Å². The van der Waals surface area contributed by atoms with Gasteiger partial charge in [0, 0.05) is 17.2 Å². The Hall–Kier alpha value is -4.35. The SMILES string of the molecule is COc1ccc(F)cc1C(Cn1c(=O)n(C(C)(C)C(=O)NC(C)C)c(=O)c2c(C)c(-n3nccn3)sc21)OCC#N. The maximum Gasteiger partial charge on any atom is 0.333 e. The molecule has 0 aliphatic rings. The number of methoxy groups -OCH3 is 1. The summed E-state index contributed by atoms with van der Waals surface area (Å²) in [4.78, 5) is 43.1. The van der Waals surface area contributed by atoms with Crippen molar-refractivity contribution in [2.45, 2.75) is 58.8 Å². The molecule has 0 spiro atoms. The van der Waals surface area contributed by atoms with Gasteiger partial charge in [0.25, 0.3) is 5.56 Å². The van der Waals surface area contributed by atoms with Crippen LogP contribution in [0.4, 0.5) is 4.39 Å². The number of hydrogen-bond acceptors (Lipinski definition) is 9. The Labute approximate surface area is 238 Å². The van der Waals surface area contributed by atoms with Crippen molar-refractivity contribution in [2.24, 2.45) is 0 Å². The highest BCUT2D eigenvalue weighted by Crippen LogP contribution is 2.34. The largest absolute Gasteiger partial charge is 0.496 e. The van der Waals surface area contributed by atoms with Gasteiger partial charge in [0.15, 0.2) is 0 Å². The number of carbonyl (C=O) groups is 1. The van der Waals surface area contributed by atoms with Crippen molar-refractivity contribution in [1.82, 2.24) is 29.4 Å². The van der Waals surface area contributed by atoms with Gasteiger partial charge >= 0.3 is 5.69 Å². The Morgan fingerprint density at radius 1 is 1.24 bits per heavy atom. The van der Waals surface area contributed by atoms with Gasteiger partial charge in [0.2, 0.25) is 5.91 Å². The topological polar surface area (TPSA) is 146 Å². The first-order valence-electron chi connectivity index (χ1n) is 12.7. The Morgan fingerprint density at radius 2 is 1.93 bits per heavy atom. The van der Waals surface area contributed by atoms with Crippen molar-refractivity contribution < 1.29 is 18.7 Å². The molecule has 1 unspecified atom stereocenters. The summed E-state index contributed by atoms with van der Waals surface area (Å²) in [5.74, 6) is -0.810. The number of aromatic nitrogens is 5. The molecule has 216 valence electrons. The number of carbonyl (C=O) groups excluding carboxylic acids is 1. The van der Waals surface area contributed by atoms with E-state index in [0.29, 0.717) is 10.6 Å². The molecule has 14 heteroatoms. The Kier molecular flexibility index (Phi) is 8.41. The van der Waals surface area contributed by atoms with Crippen LogP contribution in [0.15, 0.2) is 40.2 Å². The average molecular weight is 584 g/mol. The number of nitrogens with one attached hydrogen (secondary N) is 1. The molecular formula is C27H30FN7O5S. The molecule has 3 aromatic heterocycles. The van der Waals surface area contributed by atoms with E-state index in [9.17, 15) is 24.0 Å². The van der Waals surface area contributed by atoms with Gasteiger partial charge in [0.1, 0.15) is 39.6 Å². The third-order valence-corrected chi connectivity index (χ3v) is 7.84. The number of halogens is 1. The normalized spacial score (nSPS) is 12.5. The second kappa shape index (κ2) is 11.6. The first kappa shape index (κ1) is 29.6. The summed E-state index contributed by atoms with van der Waals surface area (Å²) in [5.41, 5.74) is -2.26. The van der Waals surface area contributed by atoms with Crippen LogP contribution in [0.1, 0.15) is 44.9 Å². The lowest BCUT2D eigenvalue weighted by Crippen LogP contribution is -2.56. The van der Waals surface area contributed by atoms with Gasteiger partial charge in [-0.3, -0.25) is 14.2 Å². The standard InChI is InChI=1S/C27H30FN7O5S/c1-15(2)32-25(37)27(4,5)34-22(36)21-16(3)23(35-30-10-11-31-35)41-24(21)33(26(34)38)14-20(40-12-9-29)18-13-17(28)7-8-19(18)39-6/h7-8,10-11,13,15,20H,12,14H2,1-6H3,(H,32,37). The first-order valence-corrected chi connectivity index (χ1v) is 13.5. The molecule has 1 amide bonds. The van der Waals surface area contributed by atoms with E-state index in [-0.39, 0.29) is 40.7 Å². The van der Waals surface area contributed by atoms with E-state index < -0.39 is 34.6 Å². The van der Waals surface area contributed by atoms with Crippen LogP contribution in [0.25, 0.3) is 15.2 Å². The van der Waals surface area contributed by atoms with Crippen molar-refractivity contribution in [3.8, 4) is 16.8 Å². The van der Waals surface area contributed by atoms with Gasteiger partial charge in [-0.25, -0.2) is 13.8 Å². The van der Waals surface area contributed by atoms with Gasteiger partial charge in [-0.05, 0) is 52.8 Å². The van der Waals surface area contributed by atoms with Crippen LogP contribution in [-0.4, -0.2) is 49.8 Å². The smallest absolute Gasteiger partial charge is 0.333 e. The predicted octanol–water partition coefficient (Wildman–Crippen LogP) is 2.80. The molecule has 1 aromatic carbocycles. The van der Waals surface area contributed by atoms with Crippen LogP contribution in [-0.2, 0) is 21.6 Å².